The van der Waals surface area contributed by atoms with Crippen LogP contribution in [0.25, 0.3) is 0 Å². The smallest absolute Gasteiger partial charge is 0.290 e. The summed E-state index contributed by atoms with van der Waals surface area (Å²) in [5.41, 5.74) is 1.17. The van der Waals surface area contributed by atoms with E-state index in [4.69, 9.17) is 9.90 Å². The molecule has 0 radical (unpaired) electrons. The molecule has 0 spiro atoms. The summed E-state index contributed by atoms with van der Waals surface area (Å²) in [5.74, 6) is 0. The predicted molar refractivity (Wildman–Crippen MR) is 68.1 cm³/mol. The lowest BCUT2D eigenvalue weighted by Gasteiger charge is -2.41. The molecule has 1 fully saturated rings. The van der Waals surface area contributed by atoms with Crippen molar-refractivity contribution in [3.63, 3.8) is 0 Å². The van der Waals surface area contributed by atoms with Crippen LogP contribution in [0.3, 0.4) is 0 Å². The van der Waals surface area contributed by atoms with Gasteiger partial charge in [-0.15, -0.1) is 0 Å². The summed E-state index contributed by atoms with van der Waals surface area (Å²) in [6.07, 6.45) is 6.09. The summed E-state index contributed by atoms with van der Waals surface area (Å²) in [4.78, 5) is 8.36. The summed E-state index contributed by atoms with van der Waals surface area (Å²) in [5, 5.41) is 6.89. The lowest BCUT2D eigenvalue weighted by molar-refractivity contribution is -0.122. The molecule has 0 amide bonds. The van der Waals surface area contributed by atoms with Crippen LogP contribution in [-0.2, 0) is 4.79 Å². The highest BCUT2D eigenvalue weighted by molar-refractivity contribution is 6.81. The van der Waals surface area contributed by atoms with Crippen LogP contribution in [0.1, 0.15) is 46.5 Å². The molecule has 1 heterocycles. The molecule has 0 aliphatic carbocycles. The largest absolute Gasteiger partial charge is 0.483 e. The second kappa shape index (κ2) is 7.91. The minimum Gasteiger partial charge on any atom is -0.483 e. The van der Waals surface area contributed by atoms with E-state index in [1.165, 1.54) is 18.4 Å². The first kappa shape index (κ1) is 14.7. The van der Waals surface area contributed by atoms with Gasteiger partial charge in [0.1, 0.15) is 0 Å². The van der Waals surface area contributed by atoms with Gasteiger partial charge in [-0.05, 0) is 5.54 Å². The quantitative estimate of drug-likeness (QED) is 0.584. The lowest BCUT2D eigenvalue weighted by atomic mass is 10.1. The van der Waals surface area contributed by atoms with E-state index in [-0.39, 0.29) is 6.47 Å². The fraction of sp³-hybridized carbons (Fsp3) is 0.917. The summed E-state index contributed by atoms with van der Waals surface area (Å²) in [6, 6.07) is 4.72. The third-order valence-electron chi connectivity index (χ3n) is 4.24. The third-order valence-corrected chi connectivity index (χ3v) is 10.8. The van der Waals surface area contributed by atoms with Gasteiger partial charge in [0, 0.05) is 0 Å². The lowest BCUT2D eigenvalue weighted by Crippen LogP contribution is -2.40. The fourth-order valence-electron chi connectivity index (χ4n) is 3.20. The molecular formula is C12H26O2Si. The molecule has 0 bridgehead atoms. The Morgan fingerprint density at radius 3 is 2.13 bits per heavy atom. The van der Waals surface area contributed by atoms with Crippen LogP contribution in [0.15, 0.2) is 0 Å². The number of carbonyl (C=O) groups is 1. The van der Waals surface area contributed by atoms with Gasteiger partial charge in [0.25, 0.3) is 6.47 Å². The van der Waals surface area contributed by atoms with Gasteiger partial charge in [0.05, 0.1) is 8.07 Å². The van der Waals surface area contributed by atoms with Gasteiger partial charge >= 0.3 is 0 Å². The molecular weight excluding hydrogens is 204 g/mol. The molecule has 3 heteroatoms. The Kier molecular flexibility index (Phi) is 7.75. The Morgan fingerprint density at radius 1 is 1.27 bits per heavy atom. The molecule has 1 aliphatic rings. The second-order valence-electron chi connectivity index (χ2n) is 4.53. The van der Waals surface area contributed by atoms with Crippen LogP contribution in [0.5, 0.6) is 0 Å². The Labute approximate surface area is 95.1 Å². The highest BCUT2D eigenvalue weighted by Crippen LogP contribution is 2.44. The van der Waals surface area contributed by atoms with Gasteiger partial charge in [0.2, 0.25) is 0 Å². The SMILES string of the molecule is CCC1CCCC[Si]1(CC)CC.O=CO. The zero-order chi connectivity index (χ0) is 11.7. The zero-order valence-corrected chi connectivity index (χ0v) is 11.5. The molecule has 1 N–H and O–H groups in total. The first-order valence-electron chi connectivity index (χ1n) is 6.28. The summed E-state index contributed by atoms with van der Waals surface area (Å²) in [7, 11) is -0.760. The third kappa shape index (κ3) is 3.97. The van der Waals surface area contributed by atoms with Crippen LogP contribution < -0.4 is 0 Å². The minimum absolute atomic E-state index is 0.250. The van der Waals surface area contributed by atoms with Crippen molar-refractivity contribution in [3.8, 4) is 0 Å². The maximum atomic E-state index is 8.36. The van der Waals surface area contributed by atoms with Gasteiger partial charge in [-0.25, -0.2) is 0 Å². The number of hydrogen-bond acceptors (Lipinski definition) is 1. The first-order chi connectivity index (χ1) is 7.20. The predicted octanol–water partition coefficient (Wildman–Crippen LogP) is 4.14. The van der Waals surface area contributed by atoms with E-state index in [0.717, 1.165) is 0 Å². The first-order valence-corrected chi connectivity index (χ1v) is 8.98. The molecule has 0 aromatic carbocycles. The average molecular weight is 230 g/mol. The topological polar surface area (TPSA) is 37.3 Å². The maximum Gasteiger partial charge on any atom is 0.290 e. The van der Waals surface area contributed by atoms with Crippen LogP contribution in [0.4, 0.5) is 0 Å². The number of rotatable bonds is 3. The monoisotopic (exact) mass is 230 g/mol. The van der Waals surface area contributed by atoms with Crippen molar-refractivity contribution >= 4 is 14.5 Å². The van der Waals surface area contributed by atoms with Gasteiger partial charge in [0.15, 0.2) is 0 Å². The molecule has 1 rings (SSSR count). The minimum atomic E-state index is -0.760. The van der Waals surface area contributed by atoms with Crippen LogP contribution in [-0.4, -0.2) is 19.7 Å². The van der Waals surface area contributed by atoms with Crippen molar-refractivity contribution in [2.24, 2.45) is 0 Å². The van der Waals surface area contributed by atoms with E-state index in [9.17, 15) is 0 Å². The number of carboxylic acid groups (broad SMARTS) is 1. The molecule has 0 aromatic heterocycles. The van der Waals surface area contributed by atoms with Crippen molar-refractivity contribution in [3.05, 3.63) is 0 Å². The molecule has 1 unspecified atom stereocenters. The second-order valence-corrected chi connectivity index (χ2v) is 9.98. The van der Waals surface area contributed by atoms with E-state index in [1.54, 1.807) is 31.0 Å². The van der Waals surface area contributed by atoms with Gasteiger partial charge in [-0.1, -0.05) is 64.6 Å². The Balaban J connectivity index is 0.000000583. The summed E-state index contributed by atoms with van der Waals surface area (Å²) >= 11 is 0. The molecule has 0 saturated carbocycles. The normalized spacial score (nSPS) is 23.8. The molecule has 15 heavy (non-hydrogen) atoms. The Morgan fingerprint density at radius 2 is 1.80 bits per heavy atom. The van der Waals surface area contributed by atoms with E-state index >= 15 is 0 Å². The average Bonchev–Trinajstić information content (AvgIpc) is 2.29. The fourth-order valence-corrected chi connectivity index (χ4v) is 8.60. The molecule has 1 saturated heterocycles. The van der Waals surface area contributed by atoms with Crippen molar-refractivity contribution in [2.75, 3.05) is 0 Å². The highest BCUT2D eigenvalue weighted by atomic mass is 28.3. The van der Waals surface area contributed by atoms with Gasteiger partial charge in [-0.3, -0.25) is 4.79 Å². The molecule has 1 aliphatic heterocycles. The maximum absolute atomic E-state index is 8.36. The van der Waals surface area contributed by atoms with E-state index in [1.807, 2.05) is 0 Å². The van der Waals surface area contributed by atoms with Crippen molar-refractivity contribution in [1.29, 1.82) is 0 Å². The van der Waals surface area contributed by atoms with Crippen LogP contribution in [0.2, 0.25) is 23.7 Å². The van der Waals surface area contributed by atoms with Crippen LogP contribution in [0, 0.1) is 0 Å². The van der Waals surface area contributed by atoms with Gasteiger partial charge < -0.3 is 5.11 Å². The van der Waals surface area contributed by atoms with Crippen LogP contribution >= 0.6 is 0 Å². The molecule has 1 atom stereocenters. The van der Waals surface area contributed by atoms with Gasteiger partial charge in [-0.2, -0.15) is 0 Å². The molecule has 0 aromatic rings. The number of hydrogen-bond donors (Lipinski definition) is 1. The highest BCUT2D eigenvalue weighted by Gasteiger charge is 2.38. The zero-order valence-electron chi connectivity index (χ0n) is 10.5. The van der Waals surface area contributed by atoms with Crippen molar-refractivity contribution < 1.29 is 9.90 Å². The van der Waals surface area contributed by atoms with E-state index < -0.39 is 8.07 Å². The van der Waals surface area contributed by atoms with Crippen molar-refractivity contribution in [1.82, 2.24) is 0 Å². The Hall–Kier alpha value is -0.313. The molecule has 2 nitrogen and oxygen atoms in total. The summed E-state index contributed by atoms with van der Waals surface area (Å²) < 4.78 is 0. The Bertz CT molecular complexity index is 167. The van der Waals surface area contributed by atoms with E-state index in [2.05, 4.69) is 20.8 Å². The standard InChI is InChI=1S/C11H24Si.CH2O2/c1-4-11-9-7-8-10-12(11,5-2)6-3;2-1-3/h11H,4-10H2,1-3H3;1H,(H,2,3). The molecule has 90 valence electrons. The van der Waals surface area contributed by atoms with E-state index in [0.29, 0.717) is 0 Å². The summed E-state index contributed by atoms with van der Waals surface area (Å²) in [6.45, 7) is 7.05. The van der Waals surface area contributed by atoms with Crippen molar-refractivity contribution in [2.45, 2.75) is 70.1 Å².